The van der Waals surface area contributed by atoms with E-state index in [0.29, 0.717) is 6.20 Å². The fourth-order valence-electron chi connectivity index (χ4n) is 0.769. The summed E-state index contributed by atoms with van der Waals surface area (Å²) in [7, 11) is 0. The van der Waals surface area contributed by atoms with Crippen molar-refractivity contribution in [3.63, 3.8) is 0 Å². The number of aromatic nitrogens is 1. The average Bonchev–Trinajstić information content (AvgIpc) is 2.08. The lowest BCUT2D eigenvalue weighted by Crippen LogP contribution is -1.96. The topological polar surface area (TPSA) is 76.3 Å². The van der Waals surface area contributed by atoms with Crippen molar-refractivity contribution in [2.45, 2.75) is 6.43 Å². The first-order chi connectivity index (χ1) is 6.45. The third-order valence-electron chi connectivity index (χ3n) is 1.40. The Morgan fingerprint density at radius 2 is 2.21 bits per heavy atom. The van der Waals surface area contributed by atoms with Gasteiger partial charge in [0.25, 0.3) is 6.43 Å². The third kappa shape index (κ3) is 1.72. The summed E-state index contributed by atoms with van der Waals surface area (Å²) in [5.41, 5.74) is -1.69. The van der Waals surface area contributed by atoms with Crippen molar-refractivity contribution < 1.29 is 18.8 Å². The fraction of sp³-hybridized carbons (Fsp3) is 0.167. The molecule has 0 aromatic carbocycles. The number of nitro groups is 1. The van der Waals surface area contributed by atoms with E-state index in [1.807, 2.05) is 0 Å². The zero-order valence-electron chi connectivity index (χ0n) is 6.45. The van der Waals surface area contributed by atoms with Gasteiger partial charge < -0.3 is 5.11 Å². The molecular weight excluding hydrogens is 222 g/mol. The molecule has 1 aromatic rings. The summed E-state index contributed by atoms with van der Waals surface area (Å²) < 4.78 is 24.2. The minimum absolute atomic E-state index is 0.573. The summed E-state index contributed by atoms with van der Waals surface area (Å²) in [5, 5.41) is 18.5. The highest BCUT2D eigenvalue weighted by Crippen LogP contribution is 2.37. The van der Waals surface area contributed by atoms with E-state index in [1.54, 1.807) is 0 Å². The number of halogens is 3. The number of rotatable bonds is 2. The minimum Gasteiger partial charge on any atom is -0.504 e. The Hall–Kier alpha value is -1.50. The number of hydrogen-bond acceptors (Lipinski definition) is 4. The van der Waals surface area contributed by atoms with Crippen molar-refractivity contribution in [3.05, 3.63) is 27.0 Å². The number of pyridine rings is 1. The van der Waals surface area contributed by atoms with E-state index in [4.69, 9.17) is 16.7 Å². The molecule has 0 aliphatic carbocycles. The Morgan fingerprint density at radius 3 is 2.64 bits per heavy atom. The molecule has 1 N–H and O–H groups in total. The van der Waals surface area contributed by atoms with E-state index in [1.165, 1.54) is 0 Å². The lowest BCUT2D eigenvalue weighted by molar-refractivity contribution is -0.385. The summed E-state index contributed by atoms with van der Waals surface area (Å²) in [5.74, 6) is -1.06. The van der Waals surface area contributed by atoms with Gasteiger partial charge in [-0.25, -0.2) is 13.8 Å². The molecule has 0 aliphatic heterocycles. The van der Waals surface area contributed by atoms with E-state index < -0.39 is 33.5 Å². The summed E-state index contributed by atoms with van der Waals surface area (Å²) >= 11 is 5.27. The van der Waals surface area contributed by atoms with E-state index in [0.717, 1.165) is 0 Å². The largest absolute Gasteiger partial charge is 0.504 e. The highest BCUT2D eigenvalue weighted by atomic mass is 35.5. The second-order valence-corrected chi connectivity index (χ2v) is 2.63. The molecule has 0 saturated carbocycles. The van der Waals surface area contributed by atoms with Gasteiger partial charge in [0.15, 0.2) is 10.8 Å². The molecule has 1 heterocycles. The van der Waals surface area contributed by atoms with Crippen LogP contribution in [0, 0.1) is 10.1 Å². The molecule has 0 saturated heterocycles. The maximum atomic E-state index is 12.1. The maximum absolute atomic E-state index is 12.1. The summed E-state index contributed by atoms with van der Waals surface area (Å²) in [6.45, 7) is 0. The van der Waals surface area contributed by atoms with Crippen LogP contribution in [0.4, 0.5) is 14.5 Å². The molecule has 0 bridgehead atoms. The number of hydrogen-bond donors (Lipinski definition) is 1. The van der Waals surface area contributed by atoms with Gasteiger partial charge in [-0.2, -0.15) is 0 Å². The van der Waals surface area contributed by atoms with Crippen LogP contribution in [0.2, 0.25) is 5.02 Å². The lowest BCUT2D eigenvalue weighted by atomic mass is 10.3. The van der Waals surface area contributed by atoms with Crippen molar-refractivity contribution in [1.29, 1.82) is 0 Å². The zero-order chi connectivity index (χ0) is 10.9. The van der Waals surface area contributed by atoms with Crippen LogP contribution in [-0.2, 0) is 0 Å². The predicted octanol–water partition coefficient (Wildman–Crippen LogP) is 2.29. The van der Waals surface area contributed by atoms with Crippen molar-refractivity contribution in [2.75, 3.05) is 0 Å². The summed E-state index contributed by atoms with van der Waals surface area (Å²) in [6.07, 6.45) is -2.46. The SMILES string of the molecule is O=[N+]([O-])c1cnc(C(F)F)c(O)c1Cl. The Kier molecular flexibility index (Phi) is 2.80. The fourth-order valence-corrected chi connectivity index (χ4v) is 0.984. The molecule has 0 atom stereocenters. The average molecular weight is 225 g/mol. The third-order valence-corrected chi connectivity index (χ3v) is 1.78. The van der Waals surface area contributed by atoms with Gasteiger partial charge in [-0.3, -0.25) is 10.1 Å². The molecule has 0 amide bonds. The van der Waals surface area contributed by atoms with Gasteiger partial charge in [-0.15, -0.1) is 0 Å². The van der Waals surface area contributed by atoms with E-state index in [9.17, 15) is 18.9 Å². The van der Waals surface area contributed by atoms with Crippen LogP contribution in [0.5, 0.6) is 5.75 Å². The van der Waals surface area contributed by atoms with Crippen LogP contribution in [0.1, 0.15) is 12.1 Å². The van der Waals surface area contributed by atoms with Crippen LogP contribution in [0.15, 0.2) is 6.20 Å². The molecular formula is C6H3ClF2N2O3. The van der Waals surface area contributed by atoms with E-state index in [-0.39, 0.29) is 0 Å². The van der Waals surface area contributed by atoms with Gasteiger partial charge in [0.2, 0.25) is 0 Å². The Balaban J connectivity index is 3.33. The Morgan fingerprint density at radius 1 is 1.64 bits per heavy atom. The maximum Gasteiger partial charge on any atom is 0.309 e. The van der Waals surface area contributed by atoms with Gasteiger partial charge in [-0.1, -0.05) is 11.6 Å². The number of nitrogens with zero attached hydrogens (tertiary/aromatic N) is 2. The smallest absolute Gasteiger partial charge is 0.309 e. The van der Waals surface area contributed by atoms with Gasteiger partial charge in [-0.05, 0) is 0 Å². The number of alkyl halides is 2. The molecule has 0 fully saturated rings. The Labute approximate surface area is 81.1 Å². The highest BCUT2D eigenvalue weighted by Gasteiger charge is 2.24. The molecule has 76 valence electrons. The summed E-state index contributed by atoms with van der Waals surface area (Å²) in [6, 6.07) is 0. The molecule has 1 rings (SSSR count). The van der Waals surface area contributed by atoms with E-state index >= 15 is 0 Å². The van der Waals surface area contributed by atoms with Crippen LogP contribution in [-0.4, -0.2) is 15.0 Å². The summed E-state index contributed by atoms with van der Waals surface area (Å²) in [4.78, 5) is 12.3. The lowest BCUT2D eigenvalue weighted by Gasteiger charge is -2.03. The molecule has 5 nitrogen and oxygen atoms in total. The second-order valence-electron chi connectivity index (χ2n) is 2.25. The molecule has 0 spiro atoms. The Bertz CT molecular complexity index is 386. The van der Waals surface area contributed by atoms with Crippen molar-refractivity contribution in [3.8, 4) is 5.75 Å². The molecule has 0 radical (unpaired) electrons. The normalized spacial score (nSPS) is 10.6. The standard InChI is InChI=1S/C6H3ClF2N2O3/c7-3-2(11(13)14)1-10-4(5(3)12)6(8)9/h1,6,12H. The monoisotopic (exact) mass is 224 g/mol. The quantitative estimate of drug-likeness (QED) is 0.618. The van der Waals surface area contributed by atoms with Gasteiger partial charge in [0.05, 0.1) is 4.92 Å². The molecule has 8 heteroatoms. The molecule has 0 aliphatic rings. The molecule has 1 aromatic heterocycles. The van der Waals surface area contributed by atoms with Crippen molar-refractivity contribution in [1.82, 2.24) is 4.98 Å². The molecule has 14 heavy (non-hydrogen) atoms. The first-order valence-corrected chi connectivity index (χ1v) is 3.62. The van der Waals surface area contributed by atoms with Crippen LogP contribution >= 0.6 is 11.6 Å². The highest BCUT2D eigenvalue weighted by molar-refractivity contribution is 6.34. The zero-order valence-corrected chi connectivity index (χ0v) is 7.20. The number of aromatic hydroxyl groups is 1. The second kappa shape index (κ2) is 3.70. The van der Waals surface area contributed by atoms with Crippen molar-refractivity contribution in [2.24, 2.45) is 0 Å². The molecule has 0 unspecified atom stereocenters. The van der Waals surface area contributed by atoms with Gasteiger partial charge in [0.1, 0.15) is 11.9 Å². The van der Waals surface area contributed by atoms with E-state index in [2.05, 4.69) is 4.98 Å². The van der Waals surface area contributed by atoms with Crippen LogP contribution < -0.4 is 0 Å². The minimum atomic E-state index is -3.03. The first-order valence-electron chi connectivity index (χ1n) is 3.25. The van der Waals surface area contributed by atoms with Gasteiger partial charge >= 0.3 is 5.69 Å². The van der Waals surface area contributed by atoms with Gasteiger partial charge in [0, 0.05) is 0 Å². The first kappa shape index (κ1) is 10.6. The van der Waals surface area contributed by atoms with Crippen LogP contribution in [0.3, 0.4) is 0 Å². The van der Waals surface area contributed by atoms with Crippen molar-refractivity contribution >= 4 is 17.3 Å². The predicted molar refractivity (Wildman–Crippen MR) is 42.5 cm³/mol. The van der Waals surface area contributed by atoms with Crippen LogP contribution in [0.25, 0.3) is 0 Å².